The van der Waals surface area contributed by atoms with Crippen LogP contribution >= 0.6 is 27.5 Å². The summed E-state index contributed by atoms with van der Waals surface area (Å²) in [5.41, 5.74) is 1.43. The van der Waals surface area contributed by atoms with Crippen LogP contribution in [0.1, 0.15) is 15.9 Å². The molecule has 0 unspecified atom stereocenters. The summed E-state index contributed by atoms with van der Waals surface area (Å²) in [5, 5.41) is 2.66. The van der Waals surface area contributed by atoms with Crippen molar-refractivity contribution in [2.45, 2.75) is 5.88 Å². The molecule has 0 saturated carbocycles. The molecule has 4 nitrogen and oxygen atoms in total. The lowest BCUT2D eigenvalue weighted by Gasteiger charge is -2.05. The summed E-state index contributed by atoms with van der Waals surface area (Å²) in [6.45, 7) is 0. The number of hydrogen-bond acceptors (Lipinski definition) is 3. The van der Waals surface area contributed by atoms with Gasteiger partial charge in [-0.15, -0.1) is 11.6 Å². The summed E-state index contributed by atoms with van der Waals surface area (Å²) < 4.78 is 0.615. The second kappa shape index (κ2) is 5.93. The number of amides is 1. The number of nitrogens with one attached hydrogen (secondary N) is 1. The standard InChI is InChI=1S/C12H9BrClN3O/c13-10-6-16-11(7-15-10)17-12(18)9-3-1-2-8(4-9)5-14/h1-4,6-7H,5H2,(H,16,17,18). The Morgan fingerprint density at radius 1 is 1.33 bits per heavy atom. The summed E-state index contributed by atoms with van der Waals surface area (Å²) in [7, 11) is 0. The van der Waals surface area contributed by atoms with Crippen LogP contribution in [0.5, 0.6) is 0 Å². The molecule has 0 saturated heterocycles. The first-order valence-electron chi connectivity index (χ1n) is 5.13. The number of nitrogens with zero attached hydrogens (tertiary/aromatic N) is 2. The molecule has 0 aliphatic heterocycles. The molecular formula is C12H9BrClN3O. The summed E-state index contributed by atoms with van der Waals surface area (Å²) in [4.78, 5) is 19.9. The zero-order chi connectivity index (χ0) is 13.0. The maximum Gasteiger partial charge on any atom is 0.256 e. The van der Waals surface area contributed by atoms with E-state index in [1.54, 1.807) is 18.2 Å². The van der Waals surface area contributed by atoms with Gasteiger partial charge in [-0.1, -0.05) is 12.1 Å². The van der Waals surface area contributed by atoms with Crippen LogP contribution < -0.4 is 5.32 Å². The molecule has 0 spiro atoms. The minimum absolute atomic E-state index is 0.237. The lowest BCUT2D eigenvalue weighted by molar-refractivity contribution is 0.102. The fourth-order valence-corrected chi connectivity index (χ4v) is 1.73. The van der Waals surface area contributed by atoms with E-state index in [1.807, 2.05) is 6.07 Å². The molecule has 1 heterocycles. The number of benzene rings is 1. The Bertz CT molecular complexity index is 560. The second-order valence-electron chi connectivity index (χ2n) is 3.51. The van der Waals surface area contributed by atoms with E-state index in [-0.39, 0.29) is 5.91 Å². The Morgan fingerprint density at radius 3 is 2.83 bits per heavy atom. The third-order valence-electron chi connectivity index (χ3n) is 2.21. The third kappa shape index (κ3) is 3.27. The lowest BCUT2D eigenvalue weighted by Crippen LogP contribution is -2.13. The zero-order valence-corrected chi connectivity index (χ0v) is 11.6. The molecule has 0 atom stereocenters. The average molecular weight is 327 g/mol. The first-order chi connectivity index (χ1) is 8.69. The van der Waals surface area contributed by atoms with Crippen molar-refractivity contribution in [1.82, 2.24) is 9.97 Å². The Hall–Kier alpha value is -1.46. The maximum absolute atomic E-state index is 11.9. The van der Waals surface area contributed by atoms with E-state index in [9.17, 15) is 4.79 Å². The summed E-state index contributed by atoms with van der Waals surface area (Å²) in [5.74, 6) is 0.539. The minimum atomic E-state index is -0.237. The van der Waals surface area contributed by atoms with Crippen LogP contribution in [0.3, 0.4) is 0 Å². The zero-order valence-electron chi connectivity index (χ0n) is 9.23. The van der Waals surface area contributed by atoms with Gasteiger partial charge in [-0.05, 0) is 33.6 Å². The fourth-order valence-electron chi connectivity index (χ4n) is 1.36. The first kappa shape index (κ1) is 13.0. The number of aromatic nitrogens is 2. The van der Waals surface area contributed by atoms with Crippen molar-refractivity contribution in [1.29, 1.82) is 0 Å². The number of carbonyl (C=O) groups is 1. The molecule has 2 rings (SSSR count). The average Bonchev–Trinajstić information content (AvgIpc) is 2.41. The lowest BCUT2D eigenvalue weighted by atomic mass is 10.1. The van der Waals surface area contributed by atoms with E-state index in [2.05, 4.69) is 31.2 Å². The van der Waals surface area contributed by atoms with Crippen LogP contribution in [-0.2, 0) is 5.88 Å². The second-order valence-corrected chi connectivity index (χ2v) is 4.59. The van der Waals surface area contributed by atoms with E-state index >= 15 is 0 Å². The summed E-state index contributed by atoms with van der Waals surface area (Å²) >= 11 is 8.90. The monoisotopic (exact) mass is 325 g/mol. The quantitative estimate of drug-likeness (QED) is 0.881. The molecule has 0 aliphatic carbocycles. The van der Waals surface area contributed by atoms with Gasteiger partial charge in [0.05, 0.1) is 12.4 Å². The predicted octanol–water partition coefficient (Wildman–Crippen LogP) is 3.23. The predicted molar refractivity (Wildman–Crippen MR) is 73.7 cm³/mol. The topological polar surface area (TPSA) is 54.9 Å². The normalized spacial score (nSPS) is 10.1. The van der Waals surface area contributed by atoms with Crippen LogP contribution in [-0.4, -0.2) is 15.9 Å². The maximum atomic E-state index is 11.9. The summed E-state index contributed by atoms with van der Waals surface area (Å²) in [6.07, 6.45) is 3.00. The van der Waals surface area contributed by atoms with Gasteiger partial charge in [-0.2, -0.15) is 0 Å². The van der Waals surface area contributed by atoms with Gasteiger partial charge in [0.2, 0.25) is 0 Å². The number of hydrogen-bond donors (Lipinski definition) is 1. The molecule has 0 fully saturated rings. The number of anilines is 1. The Morgan fingerprint density at radius 2 is 2.17 bits per heavy atom. The van der Waals surface area contributed by atoms with Crippen molar-refractivity contribution in [2.24, 2.45) is 0 Å². The van der Waals surface area contributed by atoms with Gasteiger partial charge in [-0.3, -0.25) is 4.79 Å². The highest BCUT2D eigenvalue weighted by Gasteiger charge is 2.07. The molecule has 18 heavy (non-hydrogen) atoms. The smallest absolute Gasteiger partial charge is 0.256 e. The van der Waals surface area contributed by atoms with Gasteiger partial charge >= 0.3 is 0 Å². The highest BCUT2D eigenvalue weighted by atomic mass is 79.9. The highest BCUT2D eigenvalue weighted by molar-refractivity contribution is 9.10. The highest BCUT2D eigenvalue weighted by Crippen LogP contribution is 2.11. The van der Waals surface area contributed by atoms with E-state index in [0.29, 0.717) is 21.9 Å². The van der Waals surface area contributed by atoms with E-state index in [1.165, 1.54) is 12.4 Å². The minimum Gasteiger partial charge on any atom is -0.305 e. The SMILES string of the molecule is O=C(Nc1cnc(Br)cn1)c1cccc(CCl)c1. The number of rotatable bonds is 3. The fraction of sp³-hybridized carbons (Fsp3) is 0.0833. The third-order valence-corrected chi connectivity index (χ3v) is 2.92. The van der Waals surface area contributed by atoms with Gasteiger partial charge < -0.3 is 5.32 Å². The number of carbonyl (C=O) groups excluding carboxylic acids is 1. The molecule has 1 aromatic carbocycles. The van der Waals surface area contributed by atoms with Gasteiger partial charge in [0.25, 0.3) is 5.91 Å². The van der Waals surface area contributed by atoms with E-state index < -0.39 is 0 Å². The van der Waals surface area contributed by atoms with Crippen molar-refractivity contribution < 1.29 is 4.79 Å². The molecule has 0 aliphatic rings. The summed E-state index contributed by atoms with van der Waals surface area (Å²) in [6, 6.07) is 7.12. The van der Waals surface area contributed by atoms with Crippen LogP contribution in [0, 0.1) is 0 Å². The van der Waals surface area contributed by atoms with E-state index in [4.69, 9.17) is 11.6 Å². The largest absolute Gasteiger partial charge is 0.305 e. The molecule has 0 radical (unpaired) electrons. The molecule has 0 bridgehead atoms. The van der Waals surface area contributed by atoms with Crippen LogP contribution in [0.4, 0.5) is 5.82 Å². The van der Waals surface area contributed by atoms with E-state index in [0.717, 1.165) is 5.56 Å². The van der Waals surface area contributed by atoms with Gasteiger partial charge in [-0.25, -0.2) is 9.97 Å². The molecule has 2 aromatic rings. The van der Waals surface area contributed by atoms with Crippen molar-refractivity contribution in [3.05, 3.63) is 52.4 Å². The van der Waals surface area contributed by atoms with Crippen LogP contribution in [0.2, 0.25) is 0 Å². The van der Waals surface area contributed by atoms with Gasteiger partial charge in [0, 0.05) is 11.4 Å². The van der Waals surface area contributed by atoms with Crippen molar-refractivity contribution in [3.63, 3.8) is 0 Å². The molecule has 92 valence electrons. The Balaban J connectivity index is 2.14. The van der Waals surface area contributed by atoms with Crippen molar-refractivity contribution >= 4 is 39.3 Å². The Kier molecular flexibility index (Phi) is 4.28. The number of alkyl halides is 1. The van der Waals surface area contributed by atoms with Crippen LogP contribution in [0.25, 0.3) is 0 Å². The van der Waals surface area contributed by atoms with Gasteiger partial charge in [0.15, 0.2) is 5.82 Å². The first-order valence-corrected chi connectivity index (χ1v) is 6.45. The molecule has 6 heteroatoms. The Labute approximate surface area is 118 Å². The molecule has 1 amide bonds. The van der Waals surface area contributed by atoms with Crippen LogP contribution in [0.15, 0.2) is 41.3 Å². The molecule has 1 N–H and O–H groups in total. The molecular weight excluding hydrogens is 318 g/mol. The number of halogens is 2. The van der Waals surface area contributed by atoms with Gasteiger partial charge in [0.1, 0.15) is 4.60 Å². The molecule has 1 aromatic heterocycles. The van der Waals surface area contributed by atoms with Crippen molar-refractivity contribution in [2.75, 3.05) is 5.32 Å². The van der Waals surface area contributed by atoms with Crippen molar-refractivity contribution in [3.8, 4) is 0 Å².